The molecule has 0 aromatic carbocycles. The predicted octanol–water partition coefficient (Wildman–Crippen LogP) is 1.14. The molecule has 0 aliphatic carbocycles. The molecule has 1 aliphatic heterocycles. The van der Waals surface area contributed by atoms with E-state index >= 15 is 0 Å². The van der Waals surface area contributed by atoms with Gasteiger partial charge in [-0.25, -0.2) is 8.42 Å². The lowest BCUT2D eigenvalue weighted by atomic mass is 10.3. The maximum atomic E-state index is 11.7. The van der Waals surface area contributed by atoms with Gasteiger partial charge in [-0.15, -0.1) is 0 Å². The minimum absolute atomic E-state index is 0.342. The number of hydrogen-bond donors (Lipinski definition) is 0. The monoisotopic (exact) mass is 207 g/mol. The third kappa shape index (κ3) is 2.42. The number of hydrogen-bond acceptors (Lipinski definition) is 3. The second-order valence-corrected chi connectivity index (χ2v) is 5.57. The van der Waals surface area contributed by atoms with Gasteiger partial charge >= 0.3 is 0 Å². The van der Waals surface area contributed by atoms with Gasteiger partial charge in [-0.05, 0) is 26.2 Å². The van der Waals surface area contributed by atoms with Crippen molar-refractivity contribution in [3.8, 4) is 0 Å². The van der Waals surface area contributed by atoms with Crippen molar-refractivity contribution in [2.45, 2.75) is 38.4 Å². The summed E-state index contributed by atoms with van der Waals surface area (Å²) in [5.74, 6) is 0. The van der Waals surface area contributed by atoms with E-state index in [0.717, 1.165) is 17.3 Å². The molecule has 1 aliphatic rings. The van der Waals surface area contributed by atoms with E-state index in [9.17, 15) is 8.42 Å². The molecule has 1 fully saturated rings. The molecule has 0 saturated carbocycles. The molecular weight excluding hydrogens is 190 g/mol. The first-order valence-electron chi connectivity index (χ1n) is 4.73. The fourth-order valence-corrected chi connectivity index (χ4v) is 2.61. The molecular formula is C8H17NO3S. The lowest BCUT2D eigenvalue weighted by Crippen LogP contribution is -2.40. The Morgan fingerprint density at radius 3 is 2.62 bits per heavy atom. The molecule has 0 amide bonds. The minimum atomic E-state index is -3.20. The van der Waals surface area contributed by atoms with E-state index in [1.165, 1.54) is 0 Å². The summed E-state index contributed by atoms with van der Waals surface area (Å²) < 4.78 is 24.6. The first-order chi connectivity index (χ1) is 6.09. The van der Waals surface area contributed by atoms with Crippen molar-refractivity contribution in [3.63, 3.8) is 0 Å². The second kappa shape index (κ2) is 4.39. The van der Waals surface area contributed by atoms with E-state index in [-0.39, 0.29) is 5.25 Å². The summed E-state index contributed by atoms with van der Waals surface area (Å²) in [4.78, 5) is 5.11. The minimum Gasteiger partial charge on any atom is -0.284 e. The van der Waals surface area contributed by atoms with E-state index in [1.807, 2.05) is 6.92 Å². The Morgan fingerprint density at radius 2 is 2.15 bits per heavy atom. The highest BCUT2D eigenvalue weighted by molar-refractivity contribution is 7.89. The lowest BCUT2D eigenvalue weighted by Gasteiger charge is -2.27. The van der Waals surface area contributed by atoms with Gasteiger partial charge in [0.25, 0.3) is 0 Å². The van der Waals surface area contributed by atoms with Gasteiger partial charge in [0, 0.05) is 6.54 Å². The van der Waals surface area contributed by atoms with Crippen molar-refractivity contribution in [2.24, 2.45) is 0 Å². The first-order valence-corrected chi connectivity index (χ1v) is 6.24. The number of sulfonamides is 1. The average Bonchev–Trinajstić information content (AvgIpc) is 2.18. The van der Waals surface area contributed by atoms with Crippen LogP contribution in [-0.2, 0) is 14.9 Å². The summed E-state index contributed by atoms with van der Waals surface area (Å²) in [5.41, 5.74) is 0. The van der Waals surface area contributed by atoms with Crippen LogP contribution < -0.4 is 0 Å². The highest BCUT2D eigenvalue weighted by Crippen LogP contribution is 2.16. The van der Waals surface area contributed by atoms with Crippen molar-refractivity contribution in [2.75, 3.05) is 13.2 Å². The van der Waals surface area contributed by atoms with Gasteiger partial charge in [0.15, 0.2) is 0 Å². The van der Waals surface area contributed by atoms with Gasteiger partial charge < -0.3 is 0 Å². The molecule has 1 atom stereocenters. The summed E-state index contributed by atoms with van der Waals surface area (Å²) in [6, 6.07) is 0. The molecule has 0 aromatic rings. The molecule has 0 aromatic heterocycles. The first kappa shape index (κ1) is 10.9. The molecule has 1 unspecified atom stereocenters. The van der Waals surface area contributed by atoms with Gasteiger partial charge in [-0.2, -0.15) is 0 Å². The van der Waals surface area contributed by atoms with Crippen molar-refractivity contribution >= 4 is 10.0 Å². The fraction of sp³-hybridized carbons (Fsp3) is 1.00. The Bertz CT molecular complexity index is 244. The van der Waals surface area contributed by atoms with Crippen LogP contribution in [0.4, 0.5) is 0 Å². The highest BCUT2D eigenvalue weighted by atomic mass is 32.2. The summed E-state index contributed by atoms with van der Waals surface area (Å²) in [6.45, 7) is 4.61. The molecule has 1 rings (SSSR count). The third-order valence-corrected chi connectivity index (χ3v) is 4.54. The zero-order chi connectivity index (χ0) is 9.90. The zero-order valence-corrected chi connectivity index (χ0v) is 9.01. The summed E-state index contributed by atoms with van der Waals surface area (Å²) in [5, 5.41) is -0.342. The molecule has 1 heterocycles. The Labute approximate surface area is 79.9 Å². The van der Waals surface area contributed by atoms with Gasteiger partial charge in [0.1, 0.15) is 0 Å². The predicted molar refractivity (Wildman–Crippen MR) is 50.6 cm³/mol. The van der Waals surface area contributed by atoms with Crippen LogP contribution in [0.5, 0.6) is 0 Å². The number of hydroxylamine groups is 1. The SMILES string of the molecule is CCC(C)S(=O)(=O)N1CCCCO1. The van der Waals surface area contributed by atoms with E-state index in [0.29, 0.717) is 19.6 Å². The van der Waals surface area contributed by atoms with Gasteiger partial charge in [-0.1, -0.05) is 11.4 Å². The molecule has 0 N–H and O–H groups in total. The van der Waals surface area contributed by atoms with Gasteiger partial charge in [0.05, 0.1) is 11.9 Å². The maximum absolute atomic E-state index is 11.7. The van der Waals surface area contributed by atoms with Crippen LogP contribution in [0.25, 0.3) is 0 Å². The number of nitrogens with zero attached hydrogens (tertiary/aromatic N) is 1. The fourth-order valence-electron chi connectivity index (χ4n) is 1.19. The van der Waals surface area contributed by atoms with Crippen molar-refractivity contribution in [3.05, 3.63) is 0 Å². The normalized spacial score (nSPS) is 22.9. The Hall–Kier alpha value is -0.130. The highest BCUT2D eigenvalue weighted by Gasteiger charge is 2.29. The van der Waals surface area contributed by atoms with E-state index in [1.54, 1.807) is 6.92 Å². The van der Waals surface area contributed by atoms with Crippen molar-refractivity contribution in [1.29, 1.82) is 0 Å². The van der Waals surface area contributed by atoms with E-state index in [2.05, 4.69) is 0 Å². The van der Waals surface area contributed by atoms with Crippen LogP contribution in [0.1, 0.15) is 33.1 Å². The van der Waals surface area contributed by atoms with Gasteiger partial charge in [0.2, 0.25) is 10.0 Å². The van der Waals surface area contributed by atoms with Crippen LogP contribution in [0.15, 0.2) is 0 Å². The van der Waals surface area contributed by atoms with Crippen LogP contribution in [0.3, 0.4) is 0 Å². The van der Waals surface area contributed by atoms with Crippen LogP contribution in [0, 0.1) is 0 Å². The molecule has 13 heavy (non-hydrogen) atoms. The Balaban J connectivity index is 2.67. The summed E-state index contributed by atoms with van der Waals surface area (Å²) in [6.07, 6.45) is 2.48. The van der Waals surface area contributed by atoms with Crippen LogP contribution in [0.2, 0.25) is 0 Å². The molecule has 4 nitrogen and oxygen atoms in total. The van der Waals surface area contributed by atoms with Crippen LogP contribution >= 0.6 is 0 Å². The topological polar surface area (TPSA) is 46.6 Å². The number of rotatable bonds is 3. The van der Waals surface area contributed by atoms with Gasteiger partial charge in [-0.3, -0.25) is 4.84 Å². The standard InChI is InChI=1S/C8H17NO3S/c1-3-8(2)13(10,11)9-6-4-5-7-12-9/h8H,3-7H2,1-2H3. The summed E-state index contributed by atoms with van der Waals surface area (Å²) in [7, 11) is -3.20. The molecule has 0 spiro atoms. The van der Waals surface area contributed by atoms with E-state index in [4.69, 9.17) is 4.84 Å². The largest absolute Gasteiger partial charge is 0.284 e. The molecule has 5 heteroatoms. The Kier molecular flexibility index (Phi) is 3.70. The average molecular weight is 207 g/mol. The van der Waals surface area contributed by atoms with Crippen molar-refractivity contribution in [1.82, 2.24) is 4.47 Å². The Morgan fingerprint density at radius 1 is 1.46 bits per heavy atom. The molecule has 78 valence electrons. The smallest absolute Gasteiger partial charge is 0.238 e. The quantitative estimate of drug-likeness (QED) is 0.697. The maximum Gasteiger partial charge on any atom is 0.238 e. The zero-order valence-electron chi connectivity index (χ0n) is 8.19. The van der Waals surface area contributed by atoms with Crippen molar-refractivity contribution < 1.29 is 13.3 Å². The lowest BCUT2D eigenvalue weighted by molar-refractivity contribution is -0.109. The molecule has 0 bridgehead atoms. The molecule has 0 radical (unpaired) electrons. The van der Waals surface area contributed by atoms with Crippen LogP contribution in [-0.4, -0.2) is 31.3 Å². The third-order valence-electron chi connectivity index (χ3n) is 2.34. The molecule has 1 saturated heterocycles. The van der Waals surface area contributed by atoms with E-state index < -0.39 is 10.0 Å². The second-order valence-electron chi connectivity index (χ2n) is 3.33. The summed E-state index contributed by atoms with van der Waals surface area (Å²) >= 11 is 0.